The first-order chi connectivity index (χ1) is 14.6. The van der Waals surface area contributed by atoms with Gasteiger partial charge in [-0.25, -0.2) is 0 Å². The third kappa shape index (κ3) is 5.76. The molecule has 0 spiro atoms. The topological polar surface area (TPSA) is 50.8 Å². The summed E-state index contributed by atoms with van der Waals surface area (Å²) >= 11 is 0. The number of carbonyl (C=O) groups excluding carboxylic acids is 1. The first kappa shape index (κ1) is 22.2. The van der Waals surface area contributed by atoms with E-state index in [9.17, 15) is 4.79 Å². The number of fused-ring (bicyclic) bond motifs is 1. The number of nitrogens with zero attached hydrogens (tertiary/aromatic N) is 1. The zero-order chi connectivity index (χ0) is 21.3. The summed E-state index contributed by atoms with van der Waals surface area (Å²) in [5.74, 6) is 1.59. The van der Waals surface area contributed by atoms with Crippen LogP contribution in [0.2, 0.25) is 0 Å². The van der Waals surface area contributed by atoms with Gasteiger partial charge in [-0.1, -0.05) is 30.3 Å². The van der Waals surface area contributed by atoms with Gasteiger partial charge in [0.2, 0.25) is 5.91 Å². The first-order valence-corrected chi connectivity index (χ1v) is 11.1. The Balaban J connectivity index is 1.50. The average molecular weight is 411 g/mol. The van der Waals surface area contributed by atoms with E-state index in [-0.39, 0.29) is 5.91 Å². The molecule has 1 N–H and O–H groups in total. The minimum absolute atomic E-state index is 0.0662. The summed E-state index contributed by atoms with van der Waals surface area (Å²) in [5.41, 5.74) is 3.91. The summed E-state index contributed by atoms with van der Waals surface area (Å²) in [6, 6.07) is 14.9. The maximum atomic E-state index is 12.5. The Morgan fingerprint density at radius 2 is 1.87 bits per heavy atom. The highest BCUT2D eigenvalue weighted by atomic mass is 16.5. The number of nitrogens with one attached hydrogen (secondary N) is 1. The fraction of sp³-hybridized carbons (Fsp3) is 0.480. The minimum atomic E-state index is 0.0662. The van der Waals surface area contributed by atoms with E-state index in [2.05, 4.69) is 34.5 Å². The van der Waals surface area contributed by atoms with Crippen LogP contribution >= 0.6 is 0 Å². The van der Waals surface area contributed by atoms with E-state index in [4.69, 9.17) is 9.47 Å². The SMILES string of the molecule is CCOc1ccc(CCNC(=O)CN(C)[C@H]2CCCc3ccccc32)cc1OCC. The predicted molar refractivity (Wildman–Crippen MR) is 120 cm³/mol. The van der Waals surface area contributed by atoms with Gasteiger partial charge in [0.15, 0.2) is 11.5 Å². The molecular formula is C25H34N2O3. The fourth-order valence-electron chi connectivity index (χ4n) is 4.18. The number of benzene rings is 2. The van der Waals surface area contributed by atoms with Gasteiger partial charge in [-0.2, -0.15) is 0 Å². The van der Waals surface area contributed by atoms with Crippen molar-refractivity contribution in [2.45, 2.75) is 45.6 Å². The van der Waals surface area contributed by atoms with Crippen molar-refractivity contribution in [2.75, 3.05) is 33.4 Å². The lowest BCUT2D eigenvalue weighted by molar-refractivity contribution is -0.122. The van der Waals surface area contributed by atoms with E-state index in [0.29, 0.717) is 32.3 Å². The number of hydrogen-bond donors (Lipinski definition) is 1. The molecule has 0 aliphatic heterocycles. The van der Waals surface area contributed by atoms with Crippen LogP contribution in [0.4, 0.5) is 0 Å². The molecule has 30 heavy (non-hydrogen) atoms. The third-order valence-electron chi connectivity index (χ3n) is 5.61. The Morgan fingerprint density at radius 1 is 1.10 bits per heavy atom. The quantitative estimate of drug-likeness (QED) is 0.639. The second kappa shape index (κ2) is 11.0. The van der Waals surface area contributed by atoms with Crippen LogP contribution in [0.15, 0.2) is 42.5 Å². The van der Waals surface area contributed by atoms with Crippen molar-refractivity contribution in [3.8, 4) is 11.5 Å². The summed E-state index contributed by atoms with van der Waals surface area (Å²) in [5, 5.41) is 3.06. The number of amides is 1. The molecule has 1 amide bonds. The molecule has 0 radical (unpaired) electrons. The Morgan fingerprint density at radius 3 is 2.67 bits per heavy atom. The van der Waals surface area contributed by atoms with Crippen LogP contribution in [0.5, 0.6) is 11.5 Å². The van der Waals surface area contributed by atoms with E-state index >= 15 is 0 Å². The van der Waals surface area contributed by atoms with Crippen molar-refractivity contribution < 1.29 is 14.3 Å². The average Bonchev–Trinajstić information content (AvgIpc) is 2.75. The minimum Gasteiger partial charge on any atom is -0.490 e. The van der Waals surface area contributed by atoms with Gasteiger partial charge in [-0.15, -0.1) is 0 Å². The molecule has 1 aliphatic carbocycles. The molecule has 5 heteroatoms. The van der Waals surface area contributed by atoms with Gasteiger partial charge in [0, 0.05) is 12.6 Å². The Bertz CT molecular complexity index is 837. The van der Waals surface area contributed by atoms with Crippen LogP contribution in [-0.4, -0.2) is 44.2 Å². The van der Waals surface area contributed by atoms with Crippen LogP contribution in [-0.2, 0) is 17.6 Å². The van der Waals surface area contributed by atoms with Crippen LogP contribution < -0.4 is 14.8 Å². The van der Waals surface area contributed by atoms with Gasteiger partial charge in [-0.05, 0) is 75.4 Å². The molecule has 0 aromatic heterocycles. The predicted octanol–water partition coefficient (Wildman–Crippen LogP) is 4.15. The second-order valence-electron chi connectivity index (χ2n) is 7.77. The Labute approximate surface area is 180 Å². The van der Waals surface area contributed by atoms with E-state index in [1.165, 1.54) is 17.5 Å². The number of carbonyl (C=O) groups is 1. The molecule has 2 aromatic carbocycles. The lowest BCUT2D eigenvalue weighted by Gasteiger charge is -2.32. The molecule has 162 valence electrons. The number of aryl methyl sites for hydroxylation is 1. The lowest BCUT2D eigenvalue weighted by atomic mass is 9.87. The van der Waals surface area contributed by atoms with Gasteiger partial charge >= 0.3 is 0 Å². The highest BCUT2D eigenvalue weighted by Crippen LogP contribution is 2.33. The van der Waals surface area contributed by atoms with Crippen LogP contribution in [0, 0.1) is 0 Å². The maximum Gasteiger partial charge on any atom is 0.234 e. The van der Waals surface area contributed by atoms with E-state index in [0.717, 1.165) is 36.3 Å². The maximum absolute atomic E-state index is 12.5. The molecule has 1 atom stereocenters. The summed E-state index contributed by atoms with van der Waals surface area (Å²) in [4.78, 5) is 14.7. The molecule has 5 nitrogen and oxygen atoms in total. The Kier molecular flexibility index (Phi) is 8.14. The smallest absolute Gasteiger partial charge is 0.234 e. The van der Waals surface area contributed by atoms with Crippen LogP contribution in [0.1, 0.15) is 49.4 Å². The molecular weight excluding hydrogens is 376 g/mol. The molecule has 2 aromatic rings. The summed E-state index contributed by atoms with van der Waals surface area (Å²) in [6.07, 6.45) is 4.17. The number of ether oxygens (including phenoxy) is 2. The molecule has 0 fully saturated rings. The molecule has 0 saturated carbocycles. The normalized spacial score (nSPS) is 15.5. The van der Waals surface area contributed by atoms with Gasteiger partial charge in [0.1, 0.15) is 0 Å². The molecule has 0 bridgehead atoms. The third-order valence-corrected chi connectivity index (χ3v) is 5.61. The standard InChI is InChI=1S/C25H34N2O3/c1-4-29-23-14-13-19(17-24(23)30-5-2)15-16-26-25(28)18-27(3)22-12-8-10-20-9-6-7-11-21(20)22/h6-7,9,11,13-14,17,22H,4-5,8,10,12,15-16,18H2,1-3H3,(H,26,28)/t22-/m0/s1. The molecule has 3 rings (SSSR count). The van der Waals surface area contributed by atoms with Crippen molar-refractivity contribution in [3.05, 3.63) is 59.2 Å². The van der Waals surface area contributed by atoms with Gasteiger partial charge in [0.25, 0.3) is 0 Å². The van der Waals surface area contributed by atoms with Crippen molar-refractivity contribution in [1.29, 1.82) is 0 Å². The van der Waals surface area contributed by atoms with Crippen LogP contribution in [0.3, 0.4) is 0 Å². The number of hydrogen-bond acceptors (Lipinski definition) is 4. The summed E-state index contributed by atoms with van der Waals surface area (Å²) in [6.45, 7) is 6.14. The van der Waals surface area contributed by atoms with Gasteiger partial charge in [0.05, 0.1) is 19.8 Å². The van der Waals surface area contributed by atoms with Crippen molar-refractivity contribution in [1.82, 2.24) is 10.2 Å². The fourth-order valence-corrected chi connectivity index (χ4v) is 4.18. The summed E-state index contributed by atoms with van der Waals surface area (Å²) < 4.78 is 11.3. The van der Waals surface area contributed by atoms with Gasteiger partial charge < -0.3 is 14.8 Å². The van der Waals surface area contributed by atoms with Crippen molar-refractivity contribution >= 4 is 5.91 Å². The van der Waals surface area contributed by atoms with Crippen LogP contribution in [0.25, 0.3) is 0 Å². The van der Waals surface area contributed by atoms with E-state index in [1.54, 1.807) is 0 Å². The molecule has 0 unspecified atom stereocenters. The molecule has 0 saturated heterocycles. The van der Waals surface area contributed by atoms with Crippen molar-refractivity contribution in [3.63, 3.8) is 0 Å². The lowest BCUT2D eigenvalue weighted by Crippen LogP contribution is -2.38. The first-order valence-electron chi connectivity index (χ1n) is 11.1. The van der Waals surface area contributed by atoms with Crippen molar-refractivity contribution in [2.24, 2.45) is 0 Å². The largest absolute Gasteiger partial charge is 0.490 e. The molecule has 1 aliphatic rings. The second-order valence-corrected chi connectivity index (χ2v) is 7.77. The zero-order valence-electron chi connectivity index (χ0n) is 18.4. The highest BCUT2D eigenvalue weighted by molar-refractivity contribution is 5.78. The number of rotatable bonds is 10. The zero-order valence-corrected chi connectivity index (χ0v) is 18.4. The van der Waals surface area contributed by atoms with Gasteiger partial charge in [-0.3, -0.25) is 9.69 Å². The Hall–Kier alpha value is -2.53. The van der Waals surface area contributed by atoms with E-state index in [1.807, 2.05) is 39.1 Å². The number of likely N-dealkylation sites (N-methyl/N-ethyl adjacent to an activating group) is 1. The monoisotopic (exact) mass is 410 g/mol. The van der Waals surface area contributed by atoms with E-state index < -0.39 is 0 Å². The summed E-state index contributed by atoms with van der Waals surface area (Å²) in [7, 11) is 2.05. The molecule has 0 heterocycles. The highest BCUT2D eigenvalue weighted by Gasteiger charge is 2.24.